The van der Waals surface area contributed by atoms with Crippen LogP contribution in [0.25, 0.3) is 0 Å². The maximum Gasteiger partial charge on any atom is 0.524 e. The Morgan fingerprint density at radius 2 is 2.25 bits per heavy atom. The molecule has 6 heteroatoms. The molecule has 12 heavy (non-hydrogen) atoms. The van der Waals surface area contributed by atoms with Crippen molar-refractivity contribution in [3.8, 4) is 0 Å². The van der Waals surface area contributed by atoms with E-state index in [0.717, 1.165) is 11.3 Å². The van der Waals surface area contributed by atoms with Gasteiger partial charge in [-0.2, -0.15) is 0 Å². The number of carbonyl (C=O) groups is 1. The van der Waals surface area contributed by atoms with Crippen LogP contribution in [0.1, 0.15) is 6.42 Å². The predicted molar refractivity (Wildman–Crippen MR) is 32.6 cm³/mol. The van der Waals surface area contributed by atoms with Crippen LogP contribution in [-0.2, 0) is 9.53 Å². The van der Waals surface area contributed by atoms with Gasteiger partial charge in [-0.05, 0) is 0 Å². The lowest BCUT2D eigenvalue weighted by atomic mass is 10.3. The van der Waals surface area contributed by atoms with Crippen LogP contribution in [0.3, 0.4) is 0 Å². The van der Waals surface area contributed by atoms with E-state index >= 15 is 0 Å². The number of hydrogen-bond donors (Lipinski definition) is 0. The van der Waals surface area contributed by atoms with Gasteiger partial charge < -0.3 is 4.90 Å². The lowest BCUT2D eigenvalue weighted by molar-refractivity contribution is -0.353. The lowest BCUT2D eigenvalue weighted by Crippen LogP contribution is -2.35. The number of nitrogens with zero attached hydrogens (tertiary/aromatic N) is 1. The second kappa shape index (κ2) is 2.93. The van der Waals surface area contributed by atoms with Gasteiger partial charge in [-0.15, -0.1) is 13.2 Å². The molecule has 0 bridgehead atoms. The highest BCUT2D eigenvalue weighted by molar-refractivity contribution is 5.86. The average molecular weight is 182 g/mol. The summed E-state index contributed by atoms with van der Waals surface area (Å²) >= 11 is 0. The lowest BCUT2D eigenvalue weighted by Gasteiger charge is -2.20. The Morgan fingerprint density at radius 3 is 2.58 bits per heavy atom. The Kier molecular flexibility index (Phi) is 2.27. The highest BCUT2D eigenvalue weighted by atomic mass is 19.4. The molecule has 1 fully saturated rings. The molecule has 0 aliphatic carbocycles. The number of rotatable bonds is 1. The molecule has 0 saturated carbocycles. The third kappa shape index (κ3) is 2.10. The van der Waals surface area contributed by atoms with Crippen LogP contribution in [0.2, 0.25) is 0 Å². The number of amides is 1. The summed E-state index contributed by atoms with van der Waals surface area (Å²) < 4.78 is 38.6. The first-order valence-electron chi connectivity index (χ1n) is 3.25. The minimum Gasteiger partial charge on any atom is -0.319 e. The summed E-state index contributed by atoms with van der Waals surface area (Å²) in [5, 5.41) is 0. The largest absolute Gasteiger partial charge is 0.524 e. The van der Waals surface area contributed by atoms with Crippen LogP contribution in [0.5, 0.6) is 0 Å². The molecule has 3 nitrogen and oxygen atoms in total. The van der Waals surface area contributed by atoms with E-state index < -0.39 is 18.5 Å². The van der Waals surface area contributed by atoms with Gasteiger partial charge in [-0.3, -0.25) is 9.53 Å². The molecule has 0 N–H and O–H groups in total. The fraction of sp³-hybridized carbons (Fsp3) is 0.667. The number of hydrogen-bond acceptors (Lipinski definition) is 2. The summed E-state index contributed by atoms with van der Waals surface area (Å²) in [7, 11) is 1.27. The van der Waals surface area contributed by atoms with Crippen molar-refractivity contribution < 1.29 is 22.7 Å². The molecule has 1 aliphatic rings. The zero-order valence-corrected chi connectivity index (χ0v) is 6.26. The monoisotopic (exact) mass is 182 g/mol. The van der Waals surface area contributed by atoms with Crippen molar-refractivity contribution in [2.45, 2.75) is 19.0 Å². The molecular weight excluding hydrogens is 175 g/mol. The standard InChI is InChI=1S/C6H7F3NO2/c1-10-4(11)2-3-5(10)12-6(7,8)9/h2,5H,3H2,1H3. The Hall–Kier alpha value is -0.780. The zero-order valence-electron chi connectivity index (χ0n) is 6.26. The summed E-state index contributed by atoms with van der Waals surface area (Å²) in [4.78, 5) is 11.6. The van der Waals surface area contributed by atoms with Crippen LogP contribution in [0.4, 0.5) is 13.2 Å². The van der Waals surface area contributed by atoms with E-state index in [1.165, 1.54) is 7.05 Å². The van der Waals surface area contributed by atoms with Crippen LogP contribution >= 0.6 is 0 Å². The molecule has 1 amide bonds. The zero-order chi connectivity index (χ0) is 9.35. The molecule has 69 valence electrons. The molecule has 1 unspecified atom stereocenters. The topological polar surface area (TPSA) is 29.5 Å². The summed E-state index contributed by atoms with van der Waals surface area (Å²) in [5.41, 5.74) is 0. The van der Waals surface area contributed by atoms with Crippen LogP contribution in [0, 0.1) is 6.42 Å². The minimum atomic E-state index is -4.68. The van der Waals surface area contributed by atoms with Gasteiger partial charge >= 0.3 is 6.36 Å². The van der Waals surface area contributed by atoms with Crippen molar-refractivity contribution in [3.63, 3.8) is 0 Å². The fourth-order valence-corrected chi connectivity index (χ4v) is 0.927. The Labute approximate surface area is 67.1 Å². The number of carbonyl (C=O) groups excluding carboxylic acids is 1. The molecule has 0 aromatic carbocycles. The molecule has 1 saturated heterocycles. The Balaban J connectivity index is 2.50. The summed E-state index contributed by atoms with van der Waals surface area (Å²) in [5.74, 6) is -0.441. The molecule has 1 rings (SSSR count). The molecular formula is C6H7F3NO2. The van der Waals surface area contributed by atoms with Crippen molar-refractivity contribution in [2.24, 2.45) is 0 Å². The quantitative estimate of drug-likeness (QED) is 0.603. The van der Waals surface area contributed by atoms with Crippen LogP contribution < -0.4 is 0 Å². The molecule has 0 aromatic rings. The van der Waals surface area contributed by atoms with E-state index in [1.807, 2.05) is 0 Å². The Morgan fingerprint density at radius 1 is 1.67 bits per heavy atom. The van der Waals surface area contributed by atoms with Crippen molar-refractivity contribution in [2.75, 3.05) is 7.05 Å². The van der Waals surface area contributed by atoms with E-state index in [4.69, 9.17) is 0 Å². The number of alkyl halides is 3. The first-order valence-corrected chi connectivity index (χ1v) is 3.25. The first kappa shape index (κ1) is 9.31. The number of likely N-dealkylation sites (tertiary alicyclic amines) is 1. The first-order chi connectivity index (χ1) is 5.40. The SMILES string of the molecule is CN1C(=O)[CH]CC1OC(F)(F)F. The third-order valence-electron chi connectivity index (χ3n) is 1.54. The second-order valence-electron chi connectivity index (χ2n) is 2.41. The minimum absolute atomic E-state index is 0.0190. The molecule has 1 aliphatic heterocycles. The molecule has 0 aromatic heterocycles. The van der Waals surface area contributed by atoms with Crippen molar-refractivity contribution >= 4 is 5.91 Å². The predicted octanol–water partition coefficient (Wildman–Crippen LogP) is 0.915. The van der Waals surface area contributed by atoms with Crippen LogP contribution in [0.15, 0.2) is 0 Å². The highest BCUT2D eigenvalue weighted by Crippen LogP contribution is 2.25. The van der Waals surface area contributed by atoms with Gasteiger partial charge in [0.1, 0.15) is 6.23 Å². The van der Waals surface area contributed by atoms with E-state index in [0.29, 0.717) is 0 Å². The van der Waals surface area contributed by atoms with Crippen molar-refractivity contribution in [1.29, 1.82) is 0 Å². The van der Waals surface area contributed by atoms with Gasteiger partial charge in [0.15, 0.2) is 0 Å². The van der Waals surface area contributed by atoms with E-state index in [2.05, 4.69) is 4.74 Å². The van der Waals surface area contributed by atoms with Gasteiger partial charge in [-0.25, -0.2) is 0 Å². The molecule has 1 heterocycles. The summed E-state index contributed by atoms with van der Waals surface area (Å²) in [6.45, 7) is 0. The maximum absolute atomic E-state index is 11.6. The highest BCUT2D eigenvalue weighted by Gasteiger charge is 2.39. The van der Waals surface area contributed by atoms with Gasteiger partial charge in [0.25, 0.3) is 0 Å². The molecule has 1 radical (unpaired) electrons. The van der Waals surface area contributed by atoms with Crippen molar-refractivity contribution in [1.82, 2.24) is 4.90 Å². The van der Waals surface area contributed by atoms with Gasteiger partial charge in [0, 0.05) is 13.5 Å². The molecule has 1 atom stereocenters. The van der Waals surface area contributed by atoms with Gasteiger partial charge in [-0.1, -0.05) is 0 Å². The molecule has 0 spiro atoms. The second-order valence-corrected chi connectivity index (χ2v) is 2.41. The average Bonchev–Trinajstić information content (AvgIpc) is 2.16. The Bertz CT molecular complexity index is 192. The van der Waals surface area contributed by atoms with Gasteiger partial charge in [0.2, 0.25) is 5.91 Å². The smallest absolute Gasteiger partial charge is 0.319 e. The third-order valence-corrected chi connectivity index (χ3v) is 1.54. The number of halogens is 3. The summed E-state index contributed by atoms with van der Waals surface area (Å²) in [6, 6.07) is 0. The van der Waals surface area contributed by atoms with E-state index in [-0.39, 0.29) is 6.42 Å². The maximum atomic E-state index is 11.6. The van der Waals surface area contributed by atoms with Gasteiger partial charge in [0.05, 0.1) is 6.42 Å². The van der Waals surface area contributed by atoms with Crippen molar-refractivity contribution in [3.05, 3.63) is 6.42 Å². The van der Waals surface area contributed by atoms with Crippen LogP contribution in [-0.4, -0.2) is 30.4 Å². The van der Waals surface area contributed by atoms with E-state index in [9.17, 15) is 18.0 Å². The normalized spacial score (nSPS) is 25.2. The van der Waals surface area contributed by atoms with E-state index in [1.54, 1.807) is 0 Å². The summed E-state index contributed by atoms with van der Waals surface area (Å²) in [6.07, 6.45) is -4.74. The number of ether oxygens (including phenoxy) is 1. The fourth-order valence-electron chi connectivity index (χ4n) is 0.927.